The molecule has 0 saturated heterocycles. The molecule has 1 atom stereocenters. The standard InChI is InChI=1S/C24H24F3N5O.ClH/c1-15(17-6-4-7-19(13-17)24(25,26)27)31-21-8-3-2-5-18(21)14-30-23(33)32-20-11-9-16(10-12-20)22(28)29;/h2-13,15,31H,14H2,1H3,(H3,28,29)(H2,30,32,33);1H. The number of hydrogen-bond acceptors (Lipinski definition) is 3. The molecule has 2 amide bonds. The molecule has 0 saturated carbocycles. The summed E-state index contributed by atoms with van der Waals surface area (Å²) >= 11 is 0. The number of halogens is 4. The Balaban J connectivity index is 0.00000408. The normalized spacial score (nSPS) is 11.6. The molecule has 6 N–H and O–H groups in total. The van der Waals surface area contributed by atoms with Gasteiger partial charge in [0.25, 0.3) is 0 Å². The maximum atomic E-state index is 13.0. The van der Waals surface area contributed by atoms with Gasteiger partial charge in [0.05, 0.1) is 5.56 Å². The largest absolute Gasteiger partial charge is 0.416 e. The zero-order valence-electron chi connectivity index (χ0n) is 18.2. The van der Waals surface area contributed by atoms with Crippen LogP contribution in [-0.4, -0.2) is 11.9 Å². The summed E-state index contributed by atoms with van der Waals surface area (Å²) in [7, 11) is 0. The van der Waals surface area contributed by atoms with E-state index in [0.29, 0.717) is 22.5 Å². The van der Waals surface area contributed by atoms with Crippen molar-refractivity contribution >= 4 is 35.6 Å². The third-order valence-electron chi connectivity index (χ3n) is 5.00. The number of urea groups is 1. The lowest BCUT2D eigenvalue weighted by Gasteiger charge is -2.20. The van der Waals surface area contributed by atoms with Crippen molar-refractivity contribution in [2.75, 3.05) is 10.6 Å². The fraction of sp³-hybridized carbons (Fsp3) is 0.167. The van der Waals surface area contributed by atoms with Crippen molar-refractivity contribution in [3.63, 3.8) is 0 Å². The molecule has 0 radical (unpaired) electrons. The molecule has 3 aromatic carbocycles. The minimum atomic E-state index is -4.41. The van der Waals surface area contributed by atoms with Crippen LogP contribution in [0.1, 0.15) is 35.2 Å². The Labute approximate surface area is 201 Å². The smallest absolute Gasteiger partial charge is 0.384 e. The first-order chi connectivity index (χ1) is 15.6. The van der Waals surface area contributed by atoms with Crippen LogP contribution in [0, 0.1) is 5.41 Å². The van der Waals surface area contributed by atoms with Gasteiger partial charge in [-0.25, -0.2) is 4.79 Å². The fourth-order valence-electron chi connectivity index (χ4n) is 3.20. The lowest BCUT2D eigenvalue weighted by molar-refractivity contribution is -0.137. The highest BCUT2D eigenvalue weighted by molar-refractivity contribution is 5.96. The maximum absolute atomic E-state index is 13.0. The van der Waals surface area contributed by atoms with Gasteiger partial charge >= 0.3 is 12.2 Å². The zero-order chi connectivity index (χ0) is 24.0. The Hall–Kier alpha value is -3.72. The van der Waals surface area contributed by atoms with Gasteiger partial charge in [-0.2, -0.15) is 13.2 Å². The molecular formula is C24H25ClF3N5O. The van der Waals surface area contributed by atoms with Crippen LogP contribution in [0.2, 0.25) is 0 Å². The minimum Gasteiger partial charge on any atom is -0.384 e. The minimum absolute atomic E-state index is 0. The summed E-state index contributed by atoms with van der Waals surface area (Å²) in [4.78, 5) is 12.3. The van der Waals surface area contributed by atoms with Crippen molar-refractivity contribution in [1.29, 1.82) is 5.41 Å². The van der Waals surface area contributed by atoms with Crippen molar-refractivity contribution in [2.24, 2.45) is 5.73 Å². The number of para-hydroxylation sites is 1. The maximum Gasteiger partial charge on any atom is 0.416 e. The first-order valence-corrected chi connectivity index (χ1v) is 10.1. The number of benzene rings is 3. The molecule has 0 aromatic heterocycles. The van der Waals surface area contributed by atoms with Crippen molar-refractivity contribution in [2.45, 2.75) is 25.7 Å². The van der Waals surface area contributed by atoms with Gasteiger partial charge in [-0.05, 0) is 60.5 Å². The highest BCUT2D eigenvalue weighted by atomic mass is 35.5. The molecule has 3 rings (SSSR count). The van der Waals surface area contributed by atoms with Crippen molar-refractivity contribution in [1.82, 2.24) is 5.32 Å². The van der Waals surface area contributed by atoms with E-state index in [-0.39, 0.29) is 30.8 Å². The zero-order valence-corrected chi connectivity index (χ0v) is 19.1. The molecule has 0 spiro atoms. The van der Waals surface area contributed by atoms with E-state index in [2.05, 4.69) is 16.0 Å². The van der Waals surface area contributed by atoms with Crippen molar-refractivity contribution in [3.8, 4) is 0 Å². The number of alkyl halides is 3. The molecule has 10 heteroatoms. The number of amides is 2. The number of nitrogens with two attached hydrogens (primary N) is 1. The van der Waals surface area contributed by atoms with Crippen LogP contribution in [0.4, 0.5) is 29.3 Å². The Kier molecular flexibility index (Phi) is 8.91. The fourth-order valence-corrected chi connectivity index (χ4v) is 3.20. The van der Waals surface area contributed by atoms with Crippen LogP contribution in [0.3, 0.4) is 0 Å². The van der Waals surface area contributed by atoms with E-state index in [1.165, 1.54) is 6.07 Å². The van der Waals surface area contributed by atoms with E-state index in [9.17, 15) is 18.0 Å². The topological polar surface area (TPSA) is 103 Å². The molecule has 0 aliphatic rings. The summed E-state index contributed by atoms with van der Waals surface area (Å²) in [5.74, 6) is -0.0607. The molecule has 34 heavy (non-hydrogen) atoms. The second-order valence-corrected chi connectivity index (χ2v) is 7.45. The SMILES string of the molecule is CC(Nc1ccccc1CNC(=O)Nc1ccc(C(=N)N)cc1)c1cccc(C(F)(F)F)c1.Cl. The Bertz CT molecular complexity index is 1140. The van der Waals surface area contributed by atoms with Gasteiger partial charge in [0.1, 0.15) is 5.84 Å². The highest BCUT2D eigenvalue weighted by Gasteiger charge is 2.30. The van der Waals surface area contributed by atoms with E-state index >= 15 is 0 Å². The molecule has 0 fully saturated rings. The van der Waals surface area contributed by atoms with E-state index in [0.717, 1.165) is 17.7 Å². The van der Waals surface area contributed by atoms with E-state index < -0.39 is 17.8 Å². The Morgan fingerprint density at radius 1 is 1.03 bits per heavy atom. The average molecular weight is 492 g/mol. The van der Waals surface area contributed by atoms with Crippen LogP contribution in [0.15, 0.2) is 72.8 Å². The predicted molar refractivity (Wildman–Crippen MR) is 130 cm³/mol. The monoisotopic (exact) mass is 491 g/mol. The molecule has 0 bridgehead atoms. The number of carbonyl (C=O) groups excluding carboxylic acids is 1. The summed E-state index contributed by atoms with van der Waals surface area (Å²) in [6.45, 7) is 1.98. The first-order valence-electron chi connectivity index (χ1n) is 10.1. The van der Waals surface area contributed by atoms with Gasteiger partial charge in [-0.3, -0.25) is 5.41 Å². The quantitative estimate of drug-likeness (QED) is 0.210. The summed E-state index contributed by atoms with van der Waals surface area (Å²) in [6.07, 6.45) is -4.41. The molecule has 6 nitrogen and oxygen atoms in total. The number of hydrogen-bond donors (Lipinski definition) is 5. The van der Waals surface area contributed by atoms with Crippen LogP contribution < -0.4 is 21.7 Å². The average Bonchev–Trinajstić information content (AvgIpc) is 2.78. The number of rotatable bonds is 7. The molecule has 0 heterocycles. The van der Waals surface area contributed by atoms with Gasteiger partial charge in [0.15, 0.2) is 0 Å². The van der Waals surface area contributed by atoms with Crippen molar-refractivity contribution in [3.05, 3.63) is 95.1 Å². The van der Waals surface area contributed by atoms with Gasteiger partial charge in [-0.1, -0.05) is 30.3 Å². The summed E-state index contributed by atoms with van der Waals surface area (Å²) in [6, 6.07) is 18.2. The lowest BCUT2D eigenvalue weighted by Crippen LogP contribution is -2.28. The molecule has 0 aliphatic heterocycles. The summed E-state index contributed by atoms with van der Waals surface area (Å²) in [5.41, 5.74) is 7.79. The Morgan fingerprint density at radius 2 is 1.71 bits per heavy atom. The second-order valence-electron chi connectivity index (χ2n) is 7.45. The van der Waals surface area contributed by atoms with Crippen LogP contribution in [0.5, 0.6) is 0 Å². The second kappa shape index (κ2) is 11.4. The van der Waals surface area contributed by atoms with Gasteiger partial charge in [-0.15, -0.1) is 12.4 Å². The Morgan fingerprint density at radius 3 is 2.35 bits per heavy atom. The van der Waals surface area contributed by atoms with E-state index in [1.807, 2.05) is 12.1 Å². The van der Waals surface area contributed by atoms with Crippen molar-refractivity contribution < 1.29 is 18.0 Å². The summed E-state index contributed by atoms with van der Waals surface area (Å²) < 4.78 is 39.1. The van der Waals surface area contributed by atoms with Crippen LogP contribution in [-0.2, 0) is 12.7 Å². The number of carbonyl (C=O) groups is 1. The van der Waals surface area contributed by atoms with E-state index in [4.69, 9.17) is 11.1 Å². The van der Waals surface area contributed by atoms with Gasteiger partial charge in [0.2, 0.25) is 0 Å². The molecule has 3 aromatic rings. The first kappa shape index (κ1) is 26.5. The van der Waals surface area contributed by atoms with Crippen LogP contribution in [0.25, 0.3) is 0 Å². The molecule has 1 unspecified atom stereocenters. The van der Waals surface area contributed by atoms with Gasteiger partial charge < -0.3 is 21.7 Å². The summed E-state index contributed by atoms with van der Waals surface area (Å²) in [5, 5.41) is 16.1. The number of anilines is 2. The predicted octanol–water partition coefficient (Wildman–Crippen LogP) is 5.91. The van der Waals surface area contributed by atoms with Gasteiger partial charge in [0, 0.05) is 29.5 Å². The number of amidine groups is 1. The van der Waals surface area contributed by atoms with E-state index in [1.54, 1.807) is 49.4 Å². The molecular weight excluding hydrogens is 467 g/mol. The number of nitrogen functional groups attached to an aromatic ring is 1. The third kappa shape index (κ3) is 7.14. The molecule has 180 valence electrons. The van der Waals surface area contributed by atoms with Crippen LogP contribution >= 0.6 is 12.4 Å². The third-order valence-corrected chi connectivity index (χ3v) is 5.00. The lowest BCUT2D eigenvalue weighted by atomic mass is 10.0. The number of nitrogens with one attached hydrogen (secondary N) is 4. The molecule has 0 aliphatic carbocycles. The highest BCUT2D eigenvalue weighted by Crippen LogP contribution is 2.31.